The van der Waals surface area contributed by atoms with E-state index >= 15 is 0 Å². The predicted octanol–water partition coefficient (Wildman–Crippen LogP) is 3.38. The van der Waals surface area contributed by atoms with Crippen molar-refractivity contribution in [2.45, 2.75) is 20.8 Å². The first-order valence-electron chi connectivity index (χ1n) is 4.94. The molecule has 0 radical (unpaired) electrons. The Kier molecular flexibility index (Phi) is 2.06. The zero-order valence-corrected chi connectivity index (χ0v) is 8.82. The van der Waals surface area contributed by atoms with Crippen molar-refractivity contribution in [3.63, 3.8) is 0 Å². The number of aromatic nitrogens is 1. The minimum atomic E-state index is 0.100. The third-order valence-electron chi connectivity index (χ3n) is 3.06. The first kappa shape index (κ1) is 9.25. The van der Waals surface area contributed by atoms with Gasteiger partial charge in [-0.15, -0.1) is 0 Å². The summed E-state index contributed by atoms with van der Waals surface area (Å²) in [5, 5.41) is 0. The van der Waals surface area contributed by atoms with Crippen LogP contribution < -0.4 is 0 Å². The van der Waals surface area contributed by atoms with Crippen molar-refractivity contribution in [2.24, 2.45) is 11.3 Å². The van der Waals surface area contributed by atoms with Crippen LogP contribution in [-0.2, 0) is 0 Å². The second-order valence-corrected chi connectivity index (χ2v) is 4.29. The van der Waals surface area contributed by atoms with Crippen LogP contribution in [0.1, 0.15) is 32.2 Å². The topological polar surface area (TPSA) is 26.0 Å². The van der Waals surface area contributed by atoms with Gasteiger partial charge in [-0.25, -0.2) is 4.98 Å². The molecule has 2 nitrogen and oxygen atoms in total. The van der Waals surface area contributed by atoms with Gasteiger partial charge >= 0.3 is 0 Å². The van der Waals surface area contributed by atoms with E-state index in [0.717, 1.165) is 11.5 Å². The Morgan fingerprint density at radius 3 is 2.71 bits per heavy atom. The van der Waals surface area contributed by atoms with E-state index in [1.807, 2.05) is 12.2 Å². The minimum absolute atomic E-state index is 0.100. The molecule has 2 heteroatoms. The lowest BCUT2D eigenvalue weighted by molar-refractivity contribution is 0.386. The number of rotatable bonds is 1. The lowest BCUT2D eigenvalue weighted by atomic mass is 9.79. The zero-order valence-electron chi connectivity index (χ0n) is 8.82. The van der Waals surface area contributed by atoms with E-state index in [1.165, 1.54) is 6.39 Å². The maximum atomic E-state index is 5.26. The van der Waals surface area contributed by atoms with Crippen LogP contribution in [0.4, 0.5) is 0 Å². The molecule has 0 spiro atoms. The second-order valence-electron chi connectivity index (χ2n) is 4.29. The highest BCUT2D eigenvalue weighted by Crippen LogP contribution is 2.34. The van der Waals surface area contributed by atoms with Crippen molar-refractivity contribution in [3.8, 4) is 0 Å². The average molecular weight is 189 g/mol. The summed E-state index contributed by atoms with van der Waals surface area (Å²) < 4.78 is 5.26. The summed E-state index contributed by atoms with van der Waals surface area (Å²) >= 11 is 0. The molecule has 0 N–H and O–H groups in total. The fourth-order valence-corrected chi connectivity index (χ4v) is 1.47. The first-order valence-corrected chi connectivity index (χ1v) is 4.94. The van der Waals surface area contributed by atoms with Gasteiger partial charge in [-0.2, -0.15) is 0 Å². The fourth-order valence-electron chi connectivity index (χ4n) is 1.47. The molecule has 2 rings (SSSR count). The Morgan fingerprint density at radius 2 is 2.00 bits per heavy atom. The minimum Gasteiger partial charge on any atom is -0.443 e. The zero-order chi connectivity index (χ0) is 10.2. The maximum absolute atomic E-state index is 5.26. The molecule has 0 bridgehead atoms. The van der Waals surface area contributed by atoms with Crippen molar-refractivity contribution < 1.29 is 4.42 Å². The van der Waals surface area contributed by atoms with Gasteiger partial charge in [0.15, 0.2) is 12.2 Å². The Labute approximate surface area is 84.3 Å². The molecule has 0 saturated carbocycles. The molecule has 1 aromatic rings. The monoisotopic (exact) mass is 189 g/mol. The van der Waals surface area contributed by atoms with Crippen LogP contribution in [0.15, 0.2) is 23.0 Å². The molecule has 0 amide bonds. The Bertz CT molecular complexity index is 356. The quantitative estimate of drug-likeness (QED) is 0.677. The smallest absolute Gasteiger partial charge is 0.181 e. The fraction of sp³-hybridized carbons (Fsp3) is 0.417. The van der Waals surface area contributed by atoms with Gasteiger partial charge in [-0.3, -0.25) is 0 Å². The van der Waals surface area contributed by atoms with E-state index in [0.29, 0.717) is 5.92 Å². The van der Waals surface area contributed by atoms with Gasteiger partial charge in [0.1, 0.15) is 5.69 Å². The molecule has 74 valence electrons. The summed E-state index contributed by atoms with van der Waals surface area (Å²) in [5.41, 5.74) is 1.02. The Hall–Kier alpha value is -1.31. The van der Waals surface area contributed by atoms with Crippen molar-refractivity contribution in [3.05, 3.63) is 30.0 Å². The van der Waals surface area contributed by atoms with Gasteiger partial charge in [-0.1, -0.05) is 32.9 Å². The third kappa shape index (κ3) is 1.41. The van der Waals surface area contributed by atoms with Crippen LogP contribution in [0.5, 0.6) is 0 Å². The van der Waals surface area contributed by atoms with Crippen molar-refractivity contribution >= 4 is 12.2 Å². The summed E-state index contributed by atoms with van der Waals surface area (Å²) in [7, 11) is 0. The van der Waals surface area contributed by atoms with Crippen LogP contribution in [0, 0.1) is 11.3 Å². The van der Waals surface area contributed by atoms with Gasteiger partial charge < -0.3 is 4.42 Å². The first-order chi connectivity index (χ1) is 6.62. The van der Waals surface area contributed by atoms with Crippen LogP contribution in [0.2, 0.25) is 0 Å². The normalized spacial score (nSPS) is 25.1. The summed E-state index contributed by atoms with van der Waals surface area (Å²) in [6.07, 6.45) is 9.92. The number of fused-ring (bicyclic) bond motifs is 1. The largest absolute Gasteiger partial charge is 0.443 e. The van der Waals surface area contributed by atoms with E-state index in [4.69, 9.17) is 4.42 Å². The van der Waals surface area contributed by atoms with E-state index in [-0.39, 0.29) is 5.41 Å². The molecule has 1 atom stereocenters. The van der Waals surface area contributed by atoms with Crippen LogP contribution >= 0.6 is 0 Å². The standard InChI is InChI=1S/C12H15NO/c1-9(2)12(3)6-4-10-11(5-7-12)14-8-13-10/h4-9H,1-3H3. The van der Waals surface area contributed by atoms with Crippen molar-refractivity contribution in [1.29, 1.82) is 0 Å². The molecule has 1 aliphatic rings. The number of hydrogen-bond donors (Lipinski definition) is 0. The lowest BCUT2D eigenvalue weighted by Gasteiger charge is -2.25. The molecule has 1 aromatic heterocycles. The van der Waals surface area contributed by atoms with Crippen molar-refractivity contribution in [1.82, 2.24) is 4.98 Å². The van der Waals surface area contributed by atoms with E-state index in [9.17, 15) is 0 Å². The molecule has 0 saturated heterocycles. The molecule has 1 heterocycles. The van der Waals surface area contributed by atoms with Gasteiger partial charge in [0, 0.05) is 5.41 Å². The van der Waals surface area contributed by atoms with E-state index in [2.05, 4.69) is 37.9 Å². The van der Waals surface area contributed by atoms with Crippen LogP contribution in [0.3, 0.4) is 0 Å². The Balaban J connectivity index is 2.42. The summed E-state index contributed by atoms with van der Waals surface area (Å²) in [5.74, 6) is 1.42. The van der Waals surface area contributed by atoms with Crippen LogP contribution in [-0.4, -0.2) is 4.98 Å². The van der Waals surface area contributed by atoms with Gasteiger partial charge in [0.2, 0.25) is 0 Å². The molecule has 1 unspecified atom stereocenters. The molecule has 14 heavy (non-hydrogen) atoms. The number of allylic oxidation sites excluding steroid dienone is 2. The molecule has 0 fully saturated rings. The summed E-state index contributed by atoms with van der Waals surface area (Å²) in [6, 6.07) is 0. The molecule has 0 aromatic carbocycles. The molecular weight excluding hydrogens is 174 g/mol. The van der Waals surface area contributed by atoms with Gasteiger partial charge in [0.05, 0.1) is 0 Å². The van der Waals surface area contributed by atoms with E-state index < -0.39 is 0 Å². The number of nitrogens with zero attached hydrogens (tertiary/aromatic N) is 1. The van der Waals surface area contributed by atoms with E-state index in [1.54, 1.807) is 0 Å². The SMILES string of the molecule is CC(C)C1(C)C=Cc2ncoc2C=C1. The van der Waals surface area contributed by atoms with Crippen LogP contribution in [0.25, 0.3) is 12.2 Å². The van der Waals surface area contributed by atoms with Crippen molar-refractivity contribution in [2.75, 3.05) is 0 Å². The predicted molar refractivity (Wildman–Crippen MR) is 57.5 cm³/mol. The highest BCUT2D eigenvalue weighted by molar-refractivity contribution is 5.62. The van der Waals surface area contributed by atoms with Gasteiger partial charge in [-0.05, 0) is 18.1 Å². The summed E-state index contributed by atoms with van der Waals surface area (Å²) in [4.78, 5) is 4.14. The lowest BCUT2D eigenvalue weighted by Crippen LogP contribution is -2.16. The van der Waals surface area contributed by atoms with Gasteiger partial charge in [0.25, 0.3) is 0 Å². The maximum Gasteiger partial charge on any atom is 0.181 e. The highest BCUT2D eigenvalue weighted by Gasteiger charge is 2.24. The third-order valence-corrected chi connectivity index (χ3v) is 3.06. The molecule has 0 aliphatic heterocycles. The average Bonchev–Trinajstić information content (AvgIpc) is 2.53. The molecule has 1 aliphatic carbocycles. The molecular formula is C12H15NO. The second kappa shape index (κ2) is 3.12. The number of hydrogen-bond acceptors (Lipinski definition) is 2. The summed E-state index contributed by atoms with van der Waals surface area (Å²) in [6.45, 7) is 6.65. The Morgan fingerprint density at radius 1 is 1.29 bits per heavy atom. The number of oxazole rings is 1. The highest BCUT2D eigenvalue weighted by atomic mass is 16.3.